The number of nitrogens with zero attached hydrogens (tertiary/aromatic N) is 2. The van der Waals surface area contributed by atoms with E-state index in [0.717, 1.165) is 54.3 Å². The number of benzene rings is 3. The van der Waals surface area contributed by atoms with E-state index in [1.54, 1.807) is 7.11 Å². The highest BCUT2D eigenvalue weighted by Crippen LogP contribution is 2.56. The van der Waals surface area contributed by atoms with Gasteiger partial charge in [0.2, 0.25) is 0 Å². The zero-order chi connectivity index (χ0) is 21.4. The van der Waals surface area contributed by atoms with E-state index in [9.17, 15) is 10.2 Å². The van der Waals surface area contributed by atoms with Crippen molar-refractivity contribution in [3.63, 3.8) is 0 Å². The Bertz CT molecular complexity index is 1020. The minimum absolute atomic E-state index is 0.717. The van der Waals surface area contributed by atoms with Crippen LogP contribution in [0.2, 0.25) is 0 Å². The molecule has 0 saturated carbocycles. The second-order valence-corrected chi connectivity index (χ2v) is 8.27. The molecule has 2 unspecified atom stereocenters. The molecule has 3 aromatic carbocycles. The first kappa shape index (κ1) is 20.1. The molecule has 5 rings (SSSR count). The molecule has 2 aliphatic rings. The van der Waals surface area contributed by atoms with Gasteiger partial charge >= 0.3 is 0 Å². The van der Waals surface area contributed by atoms with Crippen LogP contribution in [0, 0.1) is 0 Å². The van der Waals surface area contributed by atoms with E-state index >= 15 is 0 Å². The molecule has 5 heteroatoms. The molecule has 1 aliphatic carbocycles. The third kappa shape index (κ3) is 3.04. The molecule has 2 atom stereocenters. The van der Waals surface area contributed by atoms with Crippen molar-refractivity contribution < 1.29 is 14.9 Å². The number of anilines is 1. The number of para-hydroxylation sites is 2. The Morgan fingerprint density at radius 3 is 1.90 bits per heavy atom. The van der Waals surface area contributed by atoms with Crippen LogP contribution in [0.15, 0.2) is 78.9 Å². The number of piperazine rings is 1. The summed E-state index contributed by atoms with van der Waals surface area (Å²) >= 11 is 0. The average Bonchev–Trinajstić information content (AvgIpc) is 3.07. The molecule has 3 aromatic rings. The molecular formula is C26H28N2O3. The summed E-state index contributed by atoms with van der Waals surface area (Å²) < 4.78 is 5.56. The third-order valence-electron chi connectivity index (χ3n) is 6.88. The van der Waals surface area contributed by atoms with Gasteiger partial charge in [-0.1, -0.05) is 66.7 Å². The summed E-state index contributed by atoms with van der Waals surface area (Å²) in [5.41, 5.74) is 2.74. The Morgan fingerprint density at radius 1 is 0.742 bits per heavy atom. The largest absolute Gasteiger partial charge is 0.495 e. The number of fused-ring (bicyclic) bond motifs is 1. The first-order valence-electron chi connectivity index (χ1n) is 10.8. The van der Waals surface area contributed by atoms with E-state index in [4.69, 9.17) is 4.74 Å². The number of rotatable bonds is 4. The first-order valence-corrected chi connectivity index (χ1v) is 10.8. The van der Waals surface area contributed by atoms with Gasteiger partial charge in [-0.3, -0.25) is 4.90 Å². The van der Waals surface area contributed by atoms with Gasteiger partial charge in [0.1, 0.15) is 23.5 Å². The molecule has 1 fully saturated rings. The SMILES string of the molecule is COc1ccccc1N1CCN(C2(c3ccccc3)C(O)c3ccccc3C2O)CC1. The molecule has 2 N–H and O–H groups in total. The number of aliphatic hydroxyl groups is 2. The predicted octanol–water partition coefficient (Wildman–Crippen LogP) is 3.49. The van der Waals surface area contributed by atoms with Crippen molar-refractivity contribution in [3.05, 3.63) is 95.6 Å². The molecule has 160 valence electrons. The molecule has 0 amide bonds. The van der Waals surface area contributed by atoms with Gasteiger partial charge in [0.25, 0.3) is 0 Å². The lowest BCUT2D eigenvalue weighted by Gasteiger charge is -2.50. The van der Waals surface area contributed by atoms with Crippen LogP contribution in [0.25, 0.3) is 0 Å². The third-order valence-corrected chi connectivity index (χ3v) is 6.88. The van der Waals surface area contributed by atoms with Gasteiger partial charge in [0, 0.05) is 26.2 Å². The normalized spacial score (nSPS) is 26.0. The molecule has 1 saturated heterocycles. The molecule has 0 spiro atoms. The topological polar surface area (TPSA) is 56.2 Å². The van der Waals surface area contributed by atoms with Crippen LogP contribution in [0.3, 0.4) is 0 Å². The zero-order valence-electron chi connectivity index (χ0n) is 17.7. The predicted molar refractivity (Wildman–Crippen MR) is 121 cm³/mol. The van der Waals surface area contributed by atoms with Crippen molar-refractivity contribution in [2.75, 3.05) is 38.2 Å². The maximum Gasteiger partial charge on any atom is 0.142 e. The van der Waals surface area contributed by atoms with Crippen molar-refractivity contribution in [1.82, 2.24) is 4.90 Å². The highest BCUT2D eigenvalue weighted by molar-refractivity contribution is 5.59. The molecule has 0 bridgehead atoms. The Labute approximate surface area is 183 Å². The van der Waals surface area contributed by atoms with Crippen LogP contribution < -0.4 is 9.64 Å². The number of ether oxygens (including phenoxy) is 1. The Kier molecular flexibility index (Phi) is 5.18. The quantitative estimate of drug-likeness (QED) is 0.682. The zero-order valence-corrected chi connectivity index (χ0v) is 17.7. The molecular weight excluding hydrogens is 388 g/mol. The lowest BCUT2D eigenvalue weighted by molar-refractivity contribution is -0.102. The molecule has 0 radical (unpaired) electrons. The Hall–Kier alpha value is -2.86. The smallest absolute Gasteiger partial charge is 0.142 e. The summed E-state index contributed by atoms with van der Waals surface area (Å²) in [7, 11) is 1.70. The maximum absolute atomic E-state index is 11.6. The number of hydrogen-bond acceptors (Lipinski definition) is 5. The fourth-order valence-corrected chi connectivity index (χ4v) is 5.39. The van der Waals surface area contributed by atoms with Crippen LogP contribution in [-0.2, 0) is 5.54 Å². The van der Waals surface area contributed by atoms with Gasteiger partial charge in [-0.15, -0.1) is 0 Å². The van der Waals surface area contributed by atoms with Gasteiger partial charge in [-0.05, 0) is 28.8 Å². The average molecular weight is 417 g/mol. The highest BCUT2D eigenvalue weighted by atomic mass is 16.5. The summed E-state index contributed by atoms with van der Waals surface area (Å²) in [6, 6.07) is 25.7. The highest BCUT2D eigenvalue weighted by Gasteiger charge is 2.57. The maximum atomic E-state index is 11.6. The van der Waals surface area contributed by atoms with Gasteiger partial charge in [-0.2, -0.15) is 0 Å². The molecule has 1 aliphatic heterocycles. The second kappa shape index (κ2) is 8.00. The first-order chi connectivity index (χ1) is 15.2. The van der Waals surface area contributed by atoms with Crippen molar-refractivity contribution in [3.8, 4) is 5.75 Å². The van der Waals surface area contributed by atoms with Crippen molar-refractivity contribution in [2.24, 2.45) is 0 Å². The van der Waals surface area contributed by atoms with Gasteiger partial charge in [-0.25, -0.2) is 0 Å². The van der Waals surface area contributed by atoms with E-state index in [1.165, 1.54) is 0 Å². The Balaban J connectivity index is 1.51. The van der Waals surface area contributed by atoms with Crippen LogP contribution >= 0.6 is 0 Å². The number of aliphatic hydroxyl groups excluding tert-OH is 2. The summed E-state index contributed by atoms with van der Waals surface area (Å²) in [4.78, 5) is 4.58. The fourth-order valence-electron chi connectivity index (χ4n) is 5.39. The molecule has 1 heterocycles. The van der Waals surface area contributed by atoms with E-state index in [2.05, 4.69) is 15.9 Å². The summed E-state index contributed by atoms with van der Waals surface area (Å²) in [5, 5.41) is 23.2. The molecule has 5 nitrogen and oxygen atoms in total. The van der Waals surface area contributed by atoms with Crippen molar-refractivity contribution >= 4 is 5.69 Å². The van der Waals surface area contributed by atoms with Crippen molar-refractivity contribution in [1.29, 1.82) is 0 Å². The Morgan fingerprint density at radius 2 is 1.29 bits per heavy atom. The van der Waals surface area contributed by atoms with E-state index in [-0.39, 0.29) is 0 Å². The van der Waals surface area contributed by atoms with Gasteiger partial charge < -0.3 is 19.8 Å². The second-order valence-electron chi connectivity index (χ2n) is 8.27. The lowest BCUT2D eigenvalue weighted by Crippen LogP contribution is -2.58. The van der Waals surface area contributed by atoms with Crippen LogP contribution in [0.4, 0.5) is 5.69 Å². The number of hydrogen-bond donors (Lipinski definition) is 2. The number of methoxy groups -OCH3 is 1. The minimum Gasteiger partial charge on any atom is -0.495 e. The van der Waals surface area contributed by atoms with E-state index in [0.29, 0.717) is 0 Å². The van der Waals surface area contributed by atoms with Crippen LogP contribution in [-0.4, -0.2) is 48.4 Å². The van der Waals surface area contributed by atoms with E-state index < -0.39 is 17.7 Å². The van der Waals surface area contributed by atoms with Crippen molar-refractivity contribution in [2.45, 2.75) is 17.7 Å². The van der Waals surface area contributed by atoms with Gasteiger partial charge in [0.05, 0.1) is 12.8 Å². The summed E-state index contributed by atoms with van der Waals surface area (Å²) in [6.45, 7) is 3.00. The van der Waals surface area contributed by atoms with Gasteiger partial charge in [0.15, 0.2) is 0 Å². The molecule has 31 heavy (non-hydrogen) atoms. The lowest BCUT2D eigenvalue weighted by atomic mass is 9.80. The van der Waals surface area contributed by atoms with E-state index in [1.807, 2.05) is 72.8 Å². The fraction of sp³-hybridized carbons (Fsp3) is 0.308. The minimum atomic E-state index is -0.905. The summed E-state index contributed by atoms with van der Waals surface area (Å²) in [5.74, 6) is 0.863. The molecule has 0 aromatic heterocycles. The van der Waals surface area contributed by atoms with Crippen LogP contribution in [0.5, 0.6) is 5.75 Å². The van der Waals surface area contributed by atoms with Crippen LogP contribution in [0.1, 0.15) is 28.9 Å². The summed E-state index contributed by atoms with van der Waals surface area (Å²) in [6.07, 6.45) is -1.61. The monoisotopic (exact) mass is 416 g/mol. The standard InChI is InChI=1S/C26H28N2O3/c1-31-23-14-8-7-13-22(23)27-15-17-28(18-16-27)26(19-9-3-2-4-10-19)24(29)20-11-5-6-12-21(20)25(26)30/h2-14,24-25,29-30H,15-18H2,1H3.